The summed E-state index contributed by atoms with van der Waals surface area (Å²) in [5, 5.41) is 5.09. The van der Waals surface area contributed by atoms with Crippen LogP contribution in [0.5, 0.6) is 0 Å². The van der Waals surface area contributed by atoms with Crippen molar-refractivity contribution >= 4 is 34.6 Å². The minimum absolute atomic E-state index is 0.111. The molecular weight excluding hydrogens is 266 g/mol. The first-order valence-electron chi connectivity index (χ1n) is 5.99. The molecule has 1 atom stereocenters. The highest BCUT2D eigenvalue weighted by Crippen LogP contribution is 2.32. The molecule has 0 fully saturated rings. The quantitative estimate of drug-likeness (QED) is 0.541. The number of hydrogen-bond acceptors (Lipinski definition) is 3. The fourth-order valence-electron chi connectivity index (χ4n) is 2.11. The van der Waals surface area contributed by atoms with Gasteiger partial charge < -0.3 is 5.32 Å². The van der Waals surface area contributed by atoms with Crippen LogP contribution in [0.2, 0.25) is 0 Å². The molecule has 3 N–H and O–H groups in total. The molecule has 1 aliphatic rings. The van der Waals surface area contributed by atoms with Crippen LogP contribution in [-0.2, 0) is 12.8 Å². The predicted molar refractivity (Wildman–Crippen MR) is 77.8 cm³/mol. The number of hydrogen-bond donors (Lipinski definition) is 3. The smallest absolute Gasteiger partial charge is 0.270 e. The maximum Gasteiger partial charge on any atom is 0.270 e. The van der Waals surface area contributed by atoms with E-state index in [1.165, 1.54) is 10.4 Å². The van der Waals surface area contributed by atoms with Crippen LogP contribution in [0.25, 0.3) is 0 Å². The van der Waals surface area contributed by atoms with Gasteiger partial charge in [0.25, 0.3) is 5.91 Å². The SMILES string of the molecule is CNC(=S)NNC(=O)c1csc2c1CC[C@@H](C)C2. The van der Waals surface area contributed by atoms with E-state index in [0.717, 1.165) is 30.7 Å². The molecule has 0 aromatic carbocycles. The topological polar surface area (TPSA) is 53.2 Å². The summed E-state index contributed by atoms with van der Waals surface area (Å²) in [5.74, 6) is 0.613. The van der Waals surface area contributed by atoms with Crippen LogP contribution in [0.3, 0.4) is 0 Å². The van der Waals surface area contributed by atoms with Gasteiger partial charge in [-0.3, -0.25) is 15.6 Å². The van der Waals surface area contributed by atoms with E-state index in [0.29, 0.717) is 5.11 Å². The summed E-state index contributed by atoms with van der Waals surface area (Å²) in [6, 6.07) is 0. The summed E-state index contributed by atoms with van der Waals surface area (Å²) < 4.78 is 0. The zero-order valence-electron chi connectivity index (χ0n) is 10.5. The second-order valence-electron chi connectivity index (χ2n) is 4.56. The van der Waals surface area contributed by atoms with E-state index in [2.05, 4.69) is 23.1 Å². The third kappa shape index (κ3) is 2.81. The molecule has 1 heterocycles. The molecule has 1 aromatic heterocycles. The Hall–Kier alpha value is -1.14. The Balaban J connectivity index is 2.05. The van der Waals surface area contributed by atoms with Crippen molar-refractivity contribution in [2.24, 2.45) is 5.92 Å². The van der Waals surface area contributed by atoms with Gasteiger partial charge in [0.1, 0.15) is 0 Å². The van der Waals surface area contributed by atoms with Gasteiger partial charge >= 0.3 is 0 Å². The second kappa shape index (κ2) is 5.67. The van der Waals surface area contributed by atoms with Crippen LogP contribution >= 0.6 is 23.6 Å². The molecule has 0 radical (unpaired) electrons. The van der Waals surface area contributed by atoms with Crippen molar-refractivity contribution in [3.63, 3.8) is 0 Å². The maximum absolute atomic E-state index is 12.0. The van der Waals surface area contributed by atoms with Crippen LogP contribution in [0.15, 0.2) is 5.38 Å². The summed E-state index contributed by atoms with van der Waals surface area (Å²) in [7, 11) is 1.70. The first-order chi connectivity index (χ1) is 8.61. The van der Waals surface area contributed by atoms with E-state index in [1.54, 1.807) is 18.4 Å². The summed E-state index contributed by atoms with van der Waals surface area (Å²) in [5.41, 5.74) is 7.27. The Morgan fingerprint density at radius 1 is 1.50 bits per heavy atom. The first kappa shape index (κ1) is 13.3. The number of rotatable bonds is 1. The van der Waals surface area contributed by atoms with Crippen LogP contribution in [0, 0.1) is 5.92 Å². The lowest BCUT2D eigenvalue weighted by atomic mass is 9.88. The van der Waals surface area contributed by atoms with E-state index in [1.807, 2.05) is 5.38 Å². The average Bonchev–Trinajstić information content (AvgIpc) is 2.78. The Bertz CT molecular complexity index is 470. The molecule has 0 saturated carbocycles. The molecule has 0 saturated heterocycles. The minimum Gasteiger partial charge on any atom is -0.364 e. The fraction of sp³-hybridized carbons (Fsp3) is 0.500. The van der Waals surface area contributed by atoms with Crippen molar-refractivity contribution in [3.05, 3.63) is 21.4 Å². The highest BCUT2D eigenvalue weighted by Gasteiger charge is 2.23. The van der Waals surface area contributed by atoms with Crippen molar-refractivity contribution in [2.75, 3.05) is 7.05 Å². The number of thiophene rings is 1. The van der Waals surface area contributed by atoms with Gasteiger partial charge in [-0.05, 0) is 43.0 Å². The minimum atomic E-state index is -0.111. The molecule has 1 aromatic rings. The molecule has 1 amide bonds. The number of hydrazine groups is 1. The normalized spacial score (nSPS) is 17.8. The van der Waals surface area contributed by atoms with E-state index in [-0.39, 0.29) is 5.91 Å². The lowest BCUT2D eigenvalue weighted by Crippen LogP contribution is -2.45. The van der Waals surface area contributed by atoms with Crippen LogP contribution in [-0.4, -0.2) is 18.1 Å². The van der Waals surface area contributed by atoms with Crippen molar-refractivity contribution < 1.29 is 4.79 Å². The predicted octanol–water partition coefficient (Wildman–Crippen LogP) is 1.61. The Kier molecular flexibility index (Phi) is 4.19. The van der Waals surface area contributed by atoms with Gasteiger partial charge in [-0.2, -0.15) is 0 Å². The lowest BCUT2D eigenvalue weighted by Gasteiger charge is -2.19. The number of carbonyl (C=O) groups excluding carboxylic acids is 1. The summed E-state index contributed by atoms with van der Waals surface area (Å²) in [6.07, 6.45) is 3.25. The maximum atomic E-state index is 12.0. The Morgan fingerprint density at radius 2 is 2.28 bits per heavy atom. The monoisotopic (exact) mass is 283 g/mol. The standard InChI is InChI=1S/C12H17N3OS2/c1-7-3-4-8-9(6-18-10(8)5-7)11(16)14-15-12(17)13-2/h6-7H,3-5H2,1-2H3,(H,14,16)(H2,13,15,17)/t7-/m1/s1. The molecule has 4 nitrogen and oxygen atoms in total. The first-order valence-corrected chi connectivity index (χ1v) is 7.28. The molecule has 6 heteroatoms. The Labute approximate surface area is 116 Å². The number of carbonyl (C=O) groups is 1. The third-order valence-electron chi connectivity index (χ3n) is 3.16. The number of amides is 1. The van der Waals surface area contributed by atoms with E-state index < -0.39 is 0 Å². The molecule has 18 heavy (non-hydrogen) atoms. The zero-order chi connectivity index (χ0) is 13.1. The average molecular weight is 283 g/mol. The molecular formula is C12H17N3OS2. The van der Waals surface area contributed by atoms with E-state index >= 15 is 0 Å². The van der Waals surface area contributed by atoms with Crippen molar-refractivity contribution in [3.8, 4) is 0 Å². The highest BCUT2D eigenvalue weighted by atomic mass is 32.1. The van der Waals surface area contributed by atoms with Gasteiger partial charge in [0.15, 0.2) is 5.11 Å². The molecule has 1 aliphatic carbocycles. The van der Waals surface area contributed by atoms with Gasteiger partial charge in [-0.15, -0.1) is 11.3 Å². The van der Waals surface area contributed by atoms with E-state index in [4.69, 9.17) is 12.2 Å². The molecule has 0 bridgehead atoms. The molecule has 2 rings (SSSR count). The third-order valence-corrected chi connectivity index (χ3v) is 4.52. The summed E-state index contributed by atoms with van der Waals surface area (Å²) in [4.78, 5) is 13.4. The Morgan fingerprint density at radius 3 is 3.00 bits per heavy atom. The highest BCUT2D eigenvalue weighted by molar-refractivity contribution is 7.80. The van der Waals surface area contributed by atoms with Crippen LogP contribution < -0.4 is 16.2 Å². The largest absolute Gasteiger partial charge is 0.364 e. The molecule has 0 aliphatic heterocycles. The molecule has 98 valence electrons. The van der Waals surface area contributed by atoms with E-state index in [9.17, 15) is 4.79 Å². The second-order valence-corrected chi connectivity index (χ2v) is 5.93. The fourth-order valence-corrected chi connectivity index (χ4v) is 3.41. The summed E-state index contributed by atoms with van der Waals surface area (Å²) in [6.45, 7) is 2.26. The zero-order valence-corrected chi connectivity index (χ0v) is 12.1. The molecule has 0 spiro atoms. The summed E-state index contributed by atoms with van der Waals surface area (Å²) >= 11 is 6.59. The number of fused-ring (bicyclic) bond motifs is 1. The van der Waals surface area contributed by atoms with Gasteiger partial charge in [0.2, 0.25) is 0 Å². The van der Waals surface area contributed by atoms with Crippen molar-refractivity contribution in [1.29, 1.82) is 0 Å². The number of thiocarbonyl (C=S) groups is 1. The lowest BCUT2D eigenvalue weighted by molar-refractivity contribution is 0.0943. The van der Waals surface area contributed by atoms with Gasteiger partial charge in [0.05, 0.1) is 5.56 Å². The van der Waals surface area contributed by atoms with Crippen LogP contribution in [0.1, 0.15) is 34.1 Å². The van der Waals surface area contributed by atoms with Crippen molar-refractivity contribution in [1.82, 2.24) is 16.2 Å². The van der Waals surface area contributed by atoms with Crippen molar-refractivity contribution in [2.45, 2.75) is 26.2 Å². The number of nitrogens with one attached hydrogen (secondary N) is 3. The van der Waals surface area contributed by atoms with Gasteiger partial charge in [0, 0.05) is 17.3 Å². The van der Waals surface area contributed by atoms with Crippen LogP contribution in [0.4, 0.5) is 0 Å². The van der Waals surface area contributed by atoms with Gasteiger partial charge in [-0.25, -0.2) is 0 Å². The van der Waals surface area contributed by atoms with Gasteiger partial charge in [-0.1, -0.05) is 6.92 Å². The molecule has 0 unspecified atom stereocenters.